The highest BCUT2D eigenvalue weighted by Gasteiger charge is 2.20. The largest absolute Gasteiger partial charge is 0.506 e. The summed E-state index contributed by atoms with van der Waals surface area (Å²) in [6.45, 7) is 0. The predicted molar refractivity (Wildman–Crippen MR) is 51.0 cm³/mol. The van der Waals surface area contributed by atoms with Crippen LogP contribution in [0.2, 0.25) is 0 Å². The summed E-state index contributed by atoms with van der Waals surface area (Å²) in [5, 5.41) is 18.3. The van der Waals surface area contributed by atoms with Gasteiger partial charge in [-0.15, -0.1) is 0 Å². The molecule has 0 radical (unpaired) electrons. The molecule has 0 bridgehead atoms. The van der Waals surface area contributed by atoms with Crippen LogP contribution in [0.1, 0.15) is 0 Å². The summed E-state index contributed by atoms with van der Waals surface area (Å²) >= 11 is -2.75. The topological polar surface area (TPSA) is 141 Å². The highest BCUT2D eigenvalue weighted by Crippen LogP contribution is 2.35. The first kappa shape index (κ1) is 12.7. The normalized spacial score (nSPS) is 13.4. The lowest BCUT2D eigenvalue weighted by molar-refractivity contribution is 0.403. The van der Waals surface area contributed by atoms with E-state index in [2.05, 4.69) is 4.18 Å². The Balaban J connectivity index is 3.33. The van der Waals surface area contributed by atoms with Gasteiger partial charge in [0, 0.05) is 12.1 Å². The zero-order valence-corrected chi connectivity index (χ0v) is 9.03. The van der Waals surface area contributed by atoms with Gasteiger partial charge in [0.05, 0.1) is 0 Å². The van der Waals surface area contributed by atoms with Crippen molar-refractivity contribution in [1.82, 2.24) is 0 Å². The van der Waals surface area contributed by atoms with Crippen LogP contribution in [-0.4, -0.2) is 31.9 Å². The van der Waals surface area contributed by atoms with Gasteiger partial charge in [-0.3, -0.25) is 9.11 Å². The summed E-state index contributed by atoms with van der Waals surface area (Å²) in [5.41, 5.74) is 0. The molecule has 0 aliphatic heterocycles. The Kier molecular flexibility index (Phi) is 3.38. The van der Waals surface area contributed by atoms with Crippen LogP contribution >= 0.6 is 0 Å². The number of hydrogen-bond donors (Lipinski definition) is 4. The Labute approximate surface area is 92.3 Å². The maximum Gasteiger partial charge on any atom is 0.357 e. The fraction of sp³-hybridized carbons (Fsp3) is 0. The van der Waals surface area contributed by atoms with Gasteiger partial charge in [0.15, 0.2) is 11.5 Å². The van der Waals surface area contributed by atoms with E-state index in [1.165, 1.54) is 0 Å². The summed E-state index contributed by atoms with van der Waals surface area (Å²) in [6.07, 6.45) is 0. The zero-order valence-electron chi connectivity index (χ0n) is 7.39. The zero-order chi connectivity index (χ0) is 12.5. The highest BCUT2D eigenvalue weighted by molar-refractivity contribution is 7.86. The van der Waals surface area contributed by atoms with Crippen molar-refractivity contribution in [2.75, 3.05) is 0 Å². The van der Waals surface area contributed by atoms with Crippen molar-refractivity contribution in [3.8, 4) is 17.2 Å². The number of phenolic OH excluding ortho intramolecular Hbond substituents is 2. The quantitative estimate of drug-likeness (QED) is 0.338. The van der Waals surface area contributed by atoms with Gasteiger partial charge in [0.2, 0.25) is 0 Å². The Hall–Kier alpha value is -1.36. The average molecular weight is 270 g/mol. The van der Waals surface area contributed by atoms with Crippen molar-refractivity contribution < 1.29 is 36.1 Å². The van der Waals surface area contributed by atoms with E-state index in [1.54, 1.807) is 0 Å². The third-order valence-electron chi connectivity index (χ3n) is 1.48. The maximum atomic E-state index is 10.7. The van der Waals surface area contributed by atoms with Crippen molar-refractivity contribution in [2.45, 2.75) is 4.90 Å². The van der Waals surface area contributed by atoms with Gasteiger partial charge in [-0.2, -0.15) is 12.6 Å². The monoisotopic (exact) mass is 270 g/mol. The second kappa shape index (κ2) is 4.25. The van der Waals surface area contributed by atoms with Crippen molar-refractivity contribution >= 4 is 21.5 Å². The van der Waals surface area contributed by atoms with Crippen molar-refractivity contribution in [3.05, 3.63) is 12.1 Å². The molecular formula is C6H6O8S2. The van der Waals surface area contributed by atoms with Crippen LogP contribution in [-0.2, 0) is 21.5 Å². The molecule has 10 heteroatoms. The SMILES string of the molecule is O=S(O)Oc1cc(O)c(S(=O)(=O)O)cc1O. The molecule has 0 amide bonds. The van der Waals surface area contributed by atoms with Crippen LogP contribution in [0.3, 0.4) is 0 Å². The molecule has 90 valence electrons. The molecule has 1 unspecified atom stereocenters. The van der Waals surface area contributed by atoms with Crippen molar-refractivity contribution in [2.24, 2.45) is 0 Å². The number of phenols is 2. The van der Waals surface area contributed by atoms with E-state index in [1.807, 2.05) is 0 Å². The minimum atomic E-state index is -4.71. The molecule has 4 N–H and O–H groups in total. The Morgan fingerprint density at radius 1 is 1.19 bits per heavy atom. The number of hydrogen-bond acceptors (Lipinski definition) is 6. The lowest BCUT2D eigenvalue weighted by Crippen LogP contribution is -2.01. The van der Waals surface area contributed by atoms with Gasteiger partial charge in [-0.1, -0.05) is 0 Å². The van der Waals surface area contributed by atoms with Crippen LogP contribution in [0.5, 0.6) is 17.2 Å². The molecule has 1 rings (SSSR count). The van der Waals surface area contributed by atoms with Gasteiger partial charge in [-0.25, -0.2) is 0 Å². The van der Waals surface area contributed by atoms with E-state index >= 15 is 0 Å². The van der Waals surface area contributed by atoms with Crippen LogP contribution in [0.15, 0.2) is 17.0 Å². The molecule has 1 aromatic carbocycles. The summed E-state index contributed by atoms with van der Waals surface area (Å²) in [4.78, 5) is -0.943. The first-order valence-corrected chi connectivity index (χ1v) is 6.01. The molecule has 16 heavy (non-hydrogen) atoms. The van der Waals surface area contributed by atoms with E-state index < -0.39 is 43.6 Å². The average Bonchev–Trinajstić information content (AvgIpc) is 2.07. The first-order valence-electron chi connectivity index (χ1n) is 3.54. The van der Waals surface area contributed by atoms with Crippen LogP contribution in [0.25, 0.3) is 0 Å². The summed E-state index contributed by atoms with van der Waals surface area (Å²) in [7, 11) is -4.71. The number of benzene rings is 1. The number of rotatable bonds is 3. The molecule has 1 aromatic rings. The Morgan fingerprint density at radius 2 is 1.75 bits per heavy atom. The van der Waals surface area contributed by atoms with Crippen LogP contribution in [0, 0.1) is 0 Å². The molecule has 0 aromatic heterocycles. The van der Waals surface area contributed by atoms with Gasteiger partial charge < -0.3 is 14.4 Å². The summed E-state index contributed by atoms with van der Waals surface area (Å²) < 4.78 is 52.7. The second-order valence-corrected chi connectivity index (χ2v) is 4.55. The smallest absolute Gasteiger partial charge is 0.357 e. The molecule has 0 saturated carbocycles. The Bertz CT molecular complexity index is 534. The minimum absolute atomic E-state index is 0.479. The van der Waals surface area contributed by atoms with Gasteiger partial charge in [0.1, 0.15) is 10.6 Å². The van der Waals surface area contributed by atoms with E-state index in [9.17, 15) is 17.7 Å². The van der Waals surface area contributed by atoms with Gasteiger partial charge >= 0.3 is 11.4 Å². The molecule has 0 fully saturated rings. The molecule has 1 atom stereocenters. The van der Waals surface area contributed by atoms with Crippen LogP contribution in [0.4, 0.5) is 0 Å². The van der Waals surface area contributed by atoms with E-state index in [0.717, 1.165) is 0 Å². The molecule has 8 nitrogen and oxygen atoms in total. The molecule has 0 spiro atoms. The minimum Gasteiger partial charge on any atom is -0.506 e. The lowest BCUT2D eigenvalue weighted by atomic mass is 10.3. The highest BCUT2D eigenvalue weighted by atomic mass is 32.2. The molecule has 0 aliphatic rings. The molecular weight excluding hydrogens is 264 g/mol. The first-order chi connectivity index (χ1) is 7.21. The summed E-state index contributed by atoms with van der Waals surface area (Å²) in [5.74, 6) is -2.36. The summed E-state index contributed by atoms with van der Waals surface area (Å²) in [6, 6.07) is 1.05. The third kappa shape index (κ3) is 2.82. The standard InChI is InChI=1S/C6H6O8S2/c7-3-2-6(16(11,12)13)4(8)1-5(3)14-15(9)10/h1-2,7-8H,(H,9,10)(H,11,12,13). The molecule has 0 heterocycles. The fourth-order valence-corrected chi connectivity index (χ4v) is 1.76. The molecule has 0 saturated heterocycles. The fourth-order valence-electron chi connectivity index (χ4n) is 0.889. The second-order valence-electron chi connectivity index (χ2n) is 2.56. The lowest BCUT2D eigenvalue weighted by Gasteiger charge is -2.06. The van der Waals surface area contributed by atoms with E-state index in [-0.39, 0.29) is 0 Å². The Morgan fingerprint density at radius 3 is 2.19 bits per heavy atom. The molecule has 0 aliphatic carbocycles. The van der Waals surface area contributed by atoms with Gasteiger partial charge in [-0.05, 0) is 0 Å². The van der Waals surface area contributed by atoms with E-state index in [4.69, 9.17) is 14.2 Å². The maximum absolute atomic E-state index is 10.7. The van der Waals surface area contributed by atoms with Crippen molar-refractivity contribution in [1.29, 1.82) is 0 Å². The van der Waals surface area contributed by atoms with Crippen LogP contribution < -0.4 is 4.18 Å². The van der Waals surface area contributed by atoms with Gasteiger partial charge in [0.25, 0.3) is 10.1 Å². The van der Waals surface area contributed by atoms with E-state index in [0.29, 0.717) is 12.1 Å². The third-order valence-corrected chi connectivity index (χ3v) is 2.68. The van der Waals surface area contributed by atoms with Crippen molar-refractivity contribution in [3.63, 3.8) is 0 Å². The number of aromatic hydroxyl groups is 2. The predicted octanol–water partition coefficient (Wildman–Crippen LogP) is -0.140.